The zero-order valence-electron chi connectivity index (χ0n) is 8.91. The van der Waals surface area contributed by atoms with Crippen LogP contribution in [0.25, 0.3) is 0 Å². The average molecular weight is 259 g/mol. The van der Waals surface area contributed by atoms with Crippen LogP contribution < -0.4 is 11.5 Å². The Kier molecular flexibility index (Phi) is 3.79. The Morgan fingerprint density at radius 2 is 2.00 bits per heavy atom. The predicted octanol–water partition coefficient (Wildman–Crippen LogP) is -0.804. The van der Waals surface area contributed by atoms with E-state index in [1.807, 2.05) is 0 Å². The van der Waals surface area contributed by atoms with Crippen LogP contribution in [0.1, 0.15) is 11.7 Å². The summed E-state index contributed by atoms with van der Waals surface area (Å²) in [4.78, 5) is 20.3. The molecule has 2 atom stereocenters. The molecular formula is C9H10FN3O5. The topological polar surface area (TPSA) is 153 Å². The Morgan fingerprint density at radius 3 is 2.44 bits per heavy atom. The van der Waals surface area contributed by atoms with Crippen molar-refractivity contribution in [2.45, 2.75) is 12.2 Å². The zero-order valence-corrected chi connectivity index (χ0v) is 8.91. The minimum atomic E-state index is -2.05. The molecule has 8 nitrogen and oxygen atoms in total. The minimum Gasteiger partial charge on any atom is -0.396 e. The molecule has 0 aliphatic rings. The molecule has 98 valence electrons. The quantitative estimate of drug-likeness (QED) is 0.315. The molecule has 1 aromatic rings. The Morgan fingerprint density at radius 1 is 1.44 bits per heavy atom. The van der Waals surface area contributed by atoms with Crippen molar-refractivity contribution in [3.8, 4) is 0 Å². The Balaban J connectivity index is 3.30. The number of nitro benzene ring substituents is 1. The van der Waals surface area contributed by atoms with E-state index < -0.39 is 45.8 Å². The van der Waals surface area contributed by atoms with Crippen LogP contribution >= 0.6 is 0 Å². The Labute approximate surface area is 99.8 Å². The summed E-state index contributed by atoms with van der Waals surface area (Å²) >= 11 is 0. The highest BCUT2D eigenvalue weighted by molar-refractivity contribution is 5.80. The summed E-state index contributed by atoms with van der Waals surface area (Å²) in [5.41, 5.74) is 8.26. The summed E-state index contributed by atoms with van der Waals surface area (Å²) in [6.45, 7) is 0. The second-order valence-electron chi connectivity index (χ2n) is 3.48. The third-order valence-corrected chi connectivity index (χ3v) is 2.27. The van der Waals surface area contributed by atoms with Crippen LogP contribution in [-0.4, -0.2) is 27.1 Å². The second-order valence-corrected chi connectivity index (χ2v) is 3.48. The van der Waals surface area contributed by atoms with Gasteiger partial charge in [-0.2, -0.15) is 0 Å². The number of aliphatic hydroxyl groups is 2. The molecule has 0 bridgehead atoms. The van der Waals surface area contributed by atoms with Crippen molar-refractivity contribution in [1.29, 1.82) is 0 Å². The summed E-state index contributed by atoms with van der Waals surface area (Å²) in [5, 5.41) is 29.3. The van der Waals surface area contributed by atoms with Crippen molar-refractivity contribution >= 4 is 17.3 Å². The number of nitrogen functional groups attached to an aromatic ring is 1. The maximum absolute atomic E-state index is 13.3. The lowest BCUT2D eigenvalue weighted by Gasteiger charge is -2.17. The van der Waals surface area contributed by atoms with E-state index in [0.29, 0.717) is 6.07 Å². The SMILES string of the molecule is NC(=O)C(O)C(O)c1cc([N+](=O)[O-])cc(F)c1N. The number of non-ortho nitro benzene ring substituents is 1. The lowest BCUT2D eigenvalue weighted by molar-refractivity contribution is -0.385. The van der Waals surface area contributed by atoms with Gasteiger partial charge in [0.15, 0.2) is 11.9 Å². The lowest BCUT2D eigenvalue weighted by atomic mass is 10.0. The number of hydrogen-bond donors (Lipinski definition) is 4. The van der Waals surface area contributed by atoms with Crippen molar-refractivity contribution in [2.24, 2.45) is 5.73 Å². The number of amides is 1. The number of nitro groups is 1. The van der Waals surface area contributed by atoms with Gasteiger partial charge in [-0.3, -0.25) is 14.9 Å². The van der Waals surface area contributed by atoms with Gasteiger partial charge >= 0.3 is 0 Å². The largest absolute Gasteiger partial charge is 0.396 e. The number of primary amides is 1. The van der Waals surface area contributed by atoms with Gasteiger partial charge in [-0.15, -0.1) is 0 Å². The molecule has 6 N–H and O–H groups in total. The smallest absolute Gasteiger partial charge is 0.272 e. The number of carbonyl (C=O) groups excluding carboxylic acids is 1. The van der Waals surface area contributed by atoms with Gasteiger partial charge in [-0.25, -0.2) is 4.39 Å². The Bertz CT molecular complexity index is 507. The van der Waals surface area contributed by atoms with E-state index in [9.17, 15) is 29.5 Å². The molecule has 0 saturated carbocycles. The van der Waals surface area contributed by atoms with Crippen LogP contribution in [-0.2, 0) is 4.79 Å². The molecule has 18 heavy (non-hydrogen) atoms. The van der Waals surface area contributed by atoms with Crippen LogP contribution in [0.5, 0.6) is 0 Å². The van der Waals surface area contributed by atoms with Crippen LogP contribution in [0.2, 0.25) is 0 Å². The van der Waals surface area contributed by atoms with E-state index in [1.54, 1.807) is 0 Å². The number of nitrogens with zero attached hydrogens (tertiary/aromatic N) is 1. The lowest BCUT2D eigenvalue weighted by Crippen LogP contribution is -2.34. The molecule has 0 saturated heterocycles. The third kappa shape index (κ3) is 2.52. The summed E-state index contributed by atoms with van der Waals surface area (Å²) in [6, 6.07) is 1.32. The van der Waals surface area contributed by atoms with Gasteiger partial charge in [-0.05, 0) is 0 Å². The van der Waals surface area contributed by atoms with Gasteiger partial charge in [0.2, 0.25) is 5.91 Å². The molecule has 2 unspecified atom stereocenters. The molecule has 1 amide bonds. The first-order valence-corrected chi connectivity index (χ1v) is 4.64. The highest BCUT2D eigenvalue weighted by Crippen LogP contribution is 2.30. The fourth-order valence-corrected chi connectivity index (χ4v) is 1.30. The van der Waals surface area contributed by atoms with Crippen molar-refractivity contribution in [3.63, 3.8) is 0 Å². The van der Waals surface area contributed by atoms with Gasteiger partial charge < -0.3 is 21.7 Å². The van der Waals surface area contributed by atoms with Crippen molar-refractivity contribution in [2.75, 3.05) is 5.73 Å². The summed E-state index contributed by atoms with van der Waals surface area (Å²) in [5.74, 6) is -2.41. The molecular weight excluding hydrogens is 249 g/mol. The van der Waals surface area contributed by atoms with Crippen LogP contribution in [0.4, 0.5) is 15.8 Å². The van der Waals surface area contributed by atoms with Gasteiger partial charge in [0.05, 0.1) is 16.7 Å². The van der Waals surface area contributed by atoms with Crippen LogP contribution in [0.3, 0.4) is 0 Å². The van der Waals surface area contributed by atoms with Gasteiger partial charge in [0.25, 0.3) is 5.69 Å². The number of benzene rings is 1. The molecule has 0 radical (unpaired) electrons. The molecule has 0 aliphatic carbocycles. The van der Waals surface area contributed by atoms with E-state index in [-0.39, 0.29) is 0 Å². The van der Waals surface area contributed by atoms with Gasteiger partial charge in [-0.1, -0.05) is 0 Å². The van der Waals surface area contributed by atoms with Crippen LogP contribution in [0, 0.1) is 15.9 Å². The third-order valence-electron chi connectivity index (χ3n) is 2.27. The summed E-state index contributed by atoms with van der Waals surface area (Å²) in [6.07, 6.45) is -3.99. The van der Waals surface area contributed by atoms with Crippen LogP contribution in [0.15, 0.2) is 12.1 Å². The summed E-state index contributed by atoms with van der Waals surface area (Å²) < 4.78 is 13.3. The average Bonchev–Trinajstić information content (AvgIpc) is 2.30. The number of aliphatic hydroxyl groups excluding tert-OH is 2. The van der Waals surface area contributed by atoms with Crippen molar-refractivity contribution in [1.82, 2.24) is 0 Å². The number of halogens is 1. The fraction of sp³-hybridized carbons (Fsp3) is 0.222. The molecule has 0 aromatic heterocycles. The van der Waals surface area contributed by atoms with Gasteiger partial charge in [0, 0.05) is 11.6 Å². The molecule has 9 heteroatoms. The highest BCUT2D eigenvalue weighted by Gasteiger charge is 2.28. The zero-order chi connectivity index (χ0) is 14.0. The predicted molar refractivity (Wildman–Crippen MR) is 57.6 cm³/mol. The van der Waals surface area contributed by atoms with E-state index in [4.69, 9.17) is 11.5 Å². The normalized spacial score (nSPS) is 13.9. The molecule has 0 spiro atoms. The second kappa shape index (κ2) is 4.94. The van der Waals surface area contributed by atoms with Gasteiger partial charge in [0.1, 0.15) is 6.10 Å². The minimum absolute atomic E-state index is 0.479. The maximum Gasteiger partial charge on any atom is 0.272 e. The monoisotopic (exact) mass is 259 g/mol. The molecule has 0 aliphatic heterocycles. The summed E-state index contributed by atoms with van der Waals surface area (Å²) in [7, 11) is 0. The first kappa shape index (κ1) is 13.8. The maximum atomic E-state index is 13.3. The first-order chi connectivity index (χ1) is 8.25. The molecule has 0 heterocycles. The molecule has 0 fully saturated rings. The number of anilines is 1. The highest BCUT2D eigenvalue weighted by atomic mass is 19.1. The number of rotatable bonds is 4. The first-order valence-electron chi connectivity index (χ1n) is 4.64. The van der Waals surface area contributed by atoms with Crippen molar-refractivity contribution < 1.29 is 24.3 Å². The molecule has 1 rings (SSSR count). The van der Waals surface area contributed by atoms with E-state index >= 15 is 0 Å². The number of hydrogen-bond acceptors (Lipinski definition) is 6. The van der Waals surface area contributed by atoms with E-state index in [2.05, 4.69) is 0 Å². The Hall–Kier alpha value is -2.26. The van der Waals surface area contributed by atoms with Crippen molar-refractivity contribution in [3.05, 3.63) is 33.6 Å². The van der Waals surface area contributed by atoms with E-state index in [0.717, 1.165) is 6.07 Å². The molecule has 1 aromatic carbocycles. The van der Waals surface area contributed by atoms with E-state index in [1.165, 1.54) is 0 Å². The standard InChI is InChI=1S/C9H10FN3O5/c10-5-2-3(13(17)18)1-4(6(5)11)7(14)8(15)9(12)16/h1-2,7-8,14-15H,11H2,(H2,12,16). The number of carbonyl (C=O) groups is 1. The number of nitrogens with two attached hydrogens (primary N) is 2. The fourth-order valence-electron chi connectivity index (χ4n) is 1.30.